The van der Waals surface area contributed by atoms with Crippen LogP contribution in [0, 0.1) is 37.1 Å². The first-order valence-corrected chi connectivity index (χ1v) is 17.1. The molecule has 0 fully saturated rings. The van der Waals surface area contributed by atoms with Gasteiger partial charge in [0.2, 0.25) is 11.6 Å². The van der Waals surface area contributed by atoms with Crippen LogP contribution >= 0.6 is 22.6 Å². The molecule has 5 aromatic rings. The third kappa shape index (κ3) is 11.6. The van der Waals surface area contributed by atoms with Crippen molar-refractivity contribution in [3.05, 3.63) is 112 Å². The van der Waals surface area contributed by atoms with Gasteiger partial charge in [-0.05, 0) is 74.4 Å². The van der Waals surface area contributed by atoms with E-state index < -0.39 is 0 Å². The zero-order valence-electron chi connectivity index (χ0n) is 29.3. The Morgan fingerprint density at radius 1 is 0.694 bits per heavy atom. The molecule has 0 spiro atoms. The van der Waals surface area contributed by atoms with E-state index in [0.717, 1.165) is 42.5 Å². The van der Waals surface area contributed by atoms with Crippen molar-refractivity contribution in [2.24, 2.45) is 17.9 Å². The van der Waals surface area contributed by atoms with Crippen molar-refractivity contribution in [3.8, 4) is 23.4 Å². The van der Waals surface area contributed by atoms with Gasteiger partial charge in [0.15, 0.2) is 0 Å². The fraction of sp³-hybridized carbons (Fsp3) is 0.342. The molecule has 0 N–H and O–H groups in total. The van der Waals surface area contributed by atoms with Crippen LogP contribution in [0.1, 0.15) is 64.3 Å². The Balaban J connectivity index is 0.000000226. The number of benzene rings is 2. The van der Waals surface area contributed by atoms with E-state index in [1.807, 2.05) is 42.1 Å². The van der Waals surface area contributed by atoms with Gasteiger partial charge in [-0.2, -0.15) is 10.5 Å². The van der Waals surface area contributed by atoms with Crippen LogP contribution in [0.5, 0.6) is 0 Å². The van der Waals surface area contributed by atoms with E-state index >= 15 is 0 Å². The van der Waals surface area contributed by atoms with Crippen LogP contribution in [0.4, 0.5) is 11.6 Å². The summed E-state index contributed by atoms with van der Waals surface area (Å²) in [6.07, 6.45) is 6.95. The largest absolute Gasteiger partial charge is 0.352 e. The Morgan fingerprint density at radius 2 is 1.14 bits per heavy atom. The number of aryl methyl sites for hydroxylation is 1. The summed E-state index contributed by atoms with van der Waals surface area (Å²) in [5, 5.41) is 18.1. The molecular formula is C38H43IN10. The van der Waals surface area contributed by atoms with Crippen LogP contribution in [0.25, 0.3) is 11.3 Å². The van der Waals surface area contributed by atoms with Gasteiger partial charge >= 0.3 is 0 Å². The quantitative estimate of drug-likeness (QED) is 0.138. The second kappa shape index (κ2) is 16.5. The minimum absolute atomic E-state index is 0.0897. The molecule has 0 saturated heterocycles. The second-order valence-corrected chi connectivity index (χ2v) is 15.5. The smallest absolute Gasteiger partial charge is 0.234 e. The number of hydrogen-bond donors (Lipinski definition) is 0. The van der Waals surface area contributed by atoms with Gasteiger partial charge in [0.05, 0.1) is 18.2 Å². The van der Waals surface area contributed by atoms with Gasteiger partial charge in [0.25, 0.3) is 0 Å². The van der Waals surface area contributed by atoms with Crippen LogP contribution in [0.2, 0.25) is 0 Å². The van der Waals surface area contributed by atoms with Crippen molar-refractivity contribution < 1.29 is 0 Å². The number of nitrogens with zero attached hydrogens (tertiary/aromatic N) is 10. The SMILES string of the molecule is CC(C)(C)CN(Cc1ccc(I)cc1)c1ccnc(C#N)n1.Cn1cncc1-c1ccc(CN(CC(C)(C)C)c2ccnc(C#N)n2)cc1. The highest BCUT2D eigenvalue weighted by molar-refractivity contribution is 14.1. The molecular weight excluding hydrogens is 723 g/mol. The zero-order chi connectivity index (χ0) is 35.6. The Kier molecular flexibility index (Phi) is 12.4. The van der Waals surface area contributed by atoms with Crippen molar-refractivity contribution in [2.75, 3.05) is 22.9 Å². The number of nitriles is 2. The molecule has 0 aliphatic carbocycles. The number of rotatable bonds is 9. The summed E-state index contributed by atoms with van der Waals surface area (Å²) < 4.78 is 3.23. The third-order valence-corrected chi connectivity index (χ3v) is 7.91. The molecule has 0 aliphatic rings. The molecule has 11 heteroatoms. The zero-order valence-corrected chi connectivity index (χ0v) is 31.4. The van der Waals surface area contributed by atoms with Crippen molar-refractivity contribution in [3.63, 3.8) is 0 Å². The van der Waals surface area contributed by atoms with Crippen LogP contribution in [-0.4, -0.2) is 42.6 Å². The lowest BCUT2D eigenvalue weighted by atomic mass is 9.95. The molecule has 2 aromatic carbocycles. The fourth-order valence-electron chi connectivity index (χ4n) is 5.19. The maximum Gasteiger partial charge on any atom is 0.234 e. The van der Waals surface area contributed by atoms with E-state index in [4.69, 9.17) is 10.5 Å². The van der Waals surface area contributed by atoms with E-state index in [1.165, 1.54) is 14.7 Å². The summed E-state index contributed by atoms with van der Waals surface area (Å²) in [6.45, 7) is 16.3. The summed E-state index contributed by atoms with van der Waals surface area (Å²) in [7, 11) is 1.99. The average molecular weight is 767 g/mol. The maximum absolute atomic E-state index is 9.11. The van der Waals surface area contributed by atoms with Gasteiger partial charge in [-0.15, -0.1) is 0 Å². The standard InChI is InChI=1S/C21H24N6.C17H19IN4/c1-21(2,3)14-27(20-9-10-24-19(11-22)25-20)13-16-5-7-17(8-6-16)18-12-23-15-26(18)4;1-17(2,3)12-22(11-13-4-6-14(18)7-5-13)16-8-9-20-15(10-19)21-16/h5-10,12,15H,13-14H2,1-4H3;4-9H,11-12H2,1-3H3. The molecule has 10 nitrogen and oxygen atoms in total. The highest BCUT2D eigenvalue weighted by atomic mass is 127. The molecule has 0 unspecified atom stereocenters. The lowest BCUT2D eigenvalue weighted by Gasteiger charge is -2.31. The molecule has 252 valence electrons. The van der Waals surface area contributed by atoms with Crippen molar-refractivity contribution in [2.45, 2.75) is 54.6 Å². The molecule has 3 heterocycles. The van der Waals surface area contributed by atoms with Gasteiger partial charge < -0.3 is 14.4 Å². The topological polar surface area (TPSA) is 123 Å². The molecule has 0 aliphatic heterocycles. The van der Waals surface area contributed by atoms with E-state index in [1.54, 1.807) is 18.7 Å². The minimum Gasteiger partial charge on any atom is -0.352 e. The number of hydrogen-bond acceptors (Lipinski definition) is 9. The van der Waals surface area contributed by atoms with Crippen molar-refractivity contribution in [1.82, 2.24) is 29.5 Å². The minimum atomic E-state index is 0.0897. The number of halogens is 1. The van der Waals surface area contributed by atoms with Crippen LogP contribution < -0.4 is 9.80 Å². The summed E-state index contributed by atoms with van der Waals surface area (Å²) in [5.41, 5.74) is 4.84. The number of aromatic nitrogens is 6. The van der Waals surface area contributed by atoms with E-state index in [0.29, 0.717) is 6.54 Å². The van der Waals surface area contributed by atoms with Gasteiger partial charge in [-0.25, -0.2) is 24.9 Å². The Hall–Kier alpha value is -4.88. The highest BCUT2D eigenvalue weighted by Gasteiger charge is 2.20. The Morgan fingerprint density at radius 3 is 1.53 bits per heavy atom. The van der Waals surface area contributed by atoms with E-state index in [2.05, 4.69) is 147 Å². The maximum atomic E-state index is 9.11. The molecule has 0 saturated carbocycles. The summed E-state index contributed by atoms with van der Waals surface area (Å²) in [6, 6.07) is 24.7. The predicted octanol–water partition coefficient (Wildman–Crippen LogP) is 7.81. The normalized spacial score (nSPS) is 11.1. The summed E-state index contributed by atoms with van der Waals surface area (Å²) >= 11 is 2.30. The molecule has 49 heavy (non-hydrogen) atoms. The van der Waals surface area contributed by atoms with Crippen LogP contribution in [0.15, 0.2) is 85.6 Å². The van der Waals surface area contributed by atoms with Crippen LogP contribution in [0.3, 0.4) is 0 Å². The lowest BCUT2D eigenvalue weighted by Crippen LogP contribution is -2.33. The Bertz CT molecular complexity index is 1890. The molecule has 0 radical (unpaired) electrons. The highest BCUT2D eigenvalue weighted by Crippen LogP contribution is 2.25. The number of anilines is 2. The first-order chi connectivity index (χ1) is 23.2. The van der Waals surface area contributed by atoms with E-state index in [-0.39, 0.29) is 22.5 Å². The third-order valence-electron chi connectivity index (χ3n) is 7.19. The van der Waals surface area contributed by atoms with Crippen molar-refractivity contribution >= 4 is 34.2 Å². The first-order valence-electron chi connectivity index (χ1n) is 16.0. The molecule has 0 atom stereocenters. The molecule has 0 amide bonds. The van der Waals surface area contributed by atoms with Gasteiger partial charge in [0.1, 0.15) is 23.8 Å². The van der Waals surface area contributed by atoms with Gasteiger partial charge in [0, 0.05) is 49.2 Å². The summed E-state index contributed by atoms with van der Waals surface area (Å²) in [4.78, 5) is 25.2. The first kappa shape index (κ1) is 36.9. The Labute approximate surface area is 303 Å². The van der Waals surface area contributed by atoms with Crippen molar-refractivity contribution in [1.29, 1.82) is 10.5 Å². The summed E-state index contributed by atoms with van der Waals surface area (Å²) in [5.74, 6) is 1.96. The monoisotopic (exact) mass is 766 g/mol. The average Bonchev–Trinajstić information content (AvgIpc) is 3.50. The molecule has 3 aromatic heterocycles. The second-order valence-electron chi connectivity index (χ2n) is 14.2. The fourth-order valence-corrected chi connectivity index (χ4v) is 5.55. The number of imidazole rings is 1. The predicted molar refractivity (Wildman–Crippen MR) is 202 cm³/mol. The molecule has 5 rings (SSSR count). The van der Waals surface area contributed by atoms with Crippen LogP contribution in [-0.2, 0) is 20.1 Å². The van der Waals surface area contributed by atoms with Gasteiger partial charge in [-0.3, -0.25) is 0 Å². The molecule has 0 bridgehead atoms. The van der Waals surface area contributed by atoms with Gasteiger partial charge in [-0.1, -0.05) is 77.9 Å². The van der Waals surface area contributed by atoms with E-state index in [9.17, 15) is 0 Å². The lowest BCUT2D eigenvalue weighted by molar-refractivity contribution is 0.407.